The van der Waals surface area contributed by atoms with Gasteiger partial charge in [-0.3, -0.25) is 0 Å². The number of aromatic nitrogens is 2. The first kappa shape index (κ1) is 9.49. The lowest BCUT2D eigenvalue weighted by Gasteiger charge is -1.97. The van der Waals surface area contributed by atoms with E-state index in [1.807, 2.05) is 6.20 Å². The average molecular weight is 176 g/mol. The minimum atomic E-state index is 0.537. The number of nitrogens with zero attached hydrogens (tertiary/aromatic N) is 3. The predicted octanol–water partition coefficient (Wildman–Crippen LogP) is 0.987. The number of nitriles is 1. The van der Waals surface area contributed by atoms with Crippen LogP contribution in [0.1, 0.15) is 12.0 Å². The van der Waals surface area contributed by atoms with E-state index in [1.165, 1.54) is 0 Å². The number of rotatable bonds is 5. The van der Waals surface area contributed by atoms with Crippen LogP contribution in [0.3, 0.4) is 0 Å². The van der Waals surface area contributed by atoms with Crippen LogP contribution in [-0.2, 0) is 6.54 Å². The van der Waals surface area contributed by atoms with Crippen molar-refractivity contribution in [1.29, 1.82) is 5.26 Å². The largest absolute Gasteiger partial charge is 0.312 e. The van der Waals surface area contributed by atoms with Crippen molar-refractivity contribution >= 4 is 6.20 Å². The summed E-state index contributed by atoms with van der Waals surface area (Å²) in [6, 6.07) is 2.07. The molecule has 0 atom stereocenters. The van der Waals surface area contributed by atoms with Crippen LogP contribution in [0.4, 0.5) is 0 Å². The van der Waals surface area contributed by atoms with Gasteiger partial charge in [-0.05, 0) is 0 Å². The highest BCUT2D eigenvalue weighted by molar-refractivity contribution is 5.17. The Balaban J connectivity index is 2.29. The average Bonchev–Trinajstić information content (AvgIpc) is 2.60. The lowest BCUT2D eigenvalue weighted by atomic mass is 10.3. The monoisotopic (exact) mass is 176 g/mol. The van der Waals surface area contributed by atoms with E-state index in [2.05, 4.69) is 23.1 Å². The normalized spacial score (nSPS) is 9.46. The molecule has 68 valence electrons. The summed E-state index contributed by atoms with van der Waals surface area (Å²) in [5.74, 6) is 0. The van der Waals surface area contributed by atoms with Gasteiger partial charge in [-0.1, -0.05) is 6.58 Å². The smallest absolute Gasteiger partial charge is 0.0635 e. The third-order valence-electron chi connectivity index (χ3n) is 1.58. The molecular formula is C9H12N4. The first-order valence-corrected chi connectivity index (χ1v) is 4.10. The van der Waals surface area contributed by atoms with Crippen LogP contribution in [0.15, 0.2) is 19.0 Å². The minimum absolute atomic E-state index is 0.537. The fraction of sp³-hybridized carbons (Fsp3) is 0.333. The molecule has 1 heterocycles. The van der Waals surface area contributed by atoms with Gasteiger partial charge >= 0.3 is 0 Å². The van der Waals surface area contributed by atoms with E-state index >= 15 is 0 Å². The van der Waals surface area contributed by atoms with E-state index < -0.39 is 0 Å². The van der Waals surface area contributed by atoms with Crippen molar-refractivity contribution in [2.45, 2.75) is 13.0 Å². The van der Waals surface area contributed by atoms with Gasteiger partial charge in [0.15, 0.2) is 0 Å². The van der Waals surface area contributed by atoms with Crippen LogP contribution >= 0.6 is 0 Å². The summed E-state index contributed by atoms with van der Waals surface area (Å²) in [6.07, 6.45) is 5.85. The molecule has 0 bridgehead atoms. The minimum Gasteiger partial charge on any atom is -0.312 e. The van der Waals surface area contributed by atoms with Crippen molar-refractivity contribution < 1.29 is 0 Å². The summed E-state index contributed by atoms with van der Waals surface area (Å²) in [5, 5.41) is 15.4. The van der Waals surface area contributed by atoms with Gasteiger partial charge in [0, 0.05) is 37.5 Å². The Hall–Kier alpha value is -1.60. The van der Waals surface area contributed by atoms with Crippen LogP contribution in [-0.4, -0.2) is 16.3 Å². The molecule has 0 spiro atoms. The predicted molar refractivity (Wildman–Crippen MR) is 50.6 cm³/mol. The molecule has 0 aliphatic rings. The van der Waals surface area contributed by atoms with Crippen LogP contribution in [0, 0.1) is 11.3 Å². The van der Waals surface area contributed by atoms with Crippen molar-refractivity contribution in [2.75, 3.05) is 6.54 Å². The summed E-state index contributed by atoms with van der Waals surface area (Å²) >= 11 is 0. The molecular weight excluding hydrogens is 164 g/mol. The first-order valence-electron chi connectivity index (χ1n) is 4.10. The van der Waals surface area contributed by atoms with Gasteiger partial charge in [0.25, 0.3) is 0 Å². The Morgan fingerprint density at radius 2 is 2.62 bits per heavy atom. The van der Waals surface area contributed by atoms with Crippen molar-refractivity contribution in [2.24, 2.45) is 0 Å². The molecule has 4 heteroatoms. The molecule has 0 saturated heterocycles. The maximum absolute atomic E-state index is 8.29. The van der Waals surface area contributed by atoms with Crippen molar-refractivity contribution in [1.82, 2.24) is 15.1 Å². The molecule has 13 heavy (non-hydrogen) atoms. The Morgan fingerprint density at radius 1 is 1.77 bits per heavy atom. The molecule has 4 nitrogen and oxygen atoms in total. The lowest BCUT2D eigenvalue weighted by molar-refractivity contribution is 0.699. The molecule has 0 amide bonds. The topological polar surface area (TPSA) is 53.6 Å². The van der Waals surface area contributed by atoms with Crippen LogP contribution in [0.5, 0.6) is 0 Å². The summed E-state index contributed by atoms with van der Waals surface area (Å²) in [5.41, 5.74) is 1.10. The molecule has 0 aliphatic heterocycles. The van der Waals surface area contributed by atoms with Gasteiger partial charge in [0.1, 0.15) is 0 Å². The zero-order chi connectivity index (χ0) is 9.52. The Bertz CT molecular complexity index is 308. The van der Waals surface area contributed by atoms with E-state index in [-0.39, 0.29) is 0 Å². The van der Waals surface area contributed by atoms with Crippen LogP contribution in [0.25, 0.3) is 6.20 Å². The van der Waals surface area contributed by atoms with E-state index in [4.69, 9.17) is 5.26 Å². The number of hydrogen-bond acceptors (Lipinski definition) is 3. The van der Waals surface area contributed by atoms with Gasteiger partial charge in [-0.15, -0.1) is 0 Å². The fourth-order valence-corrected chi connectivity index (χ4v) is 0.946. The van der Waals surface area contributed by atoms with Crippen molar-refractivity contribution in [3.63, 3.8) is 0 Å². The highest BCUT2D eigenvalue weighted by atomic mass is 15.2. The molecule has 0 aliphatic carbocycles. The third-order valence-corrected chi connectivity index (χ3v) is 1.58. The zero-order valence-electron chi connectivity index (χ0n) is 7.40. The Morgan fingerprint density at radius 3 is 3.23 bits per heavy atom. The van der Waals surface area contributed by atoms with E-state index in [0.717, 1.165) is 18.7 Å². The summed E-state index contributed by atoms with van der Waals surface area (Å²) in [4.78, 5) is 0. The molecule has 1 aromatic rings. The van der Waals surface area contributed by atoms with E-state index in [9.17, 15) is 0 Å². The van der Waals surface area contributed by atoms with Crippen LogP contribution < -0.4 is 5.32 Å². The molecule has 0 aromatic carbocycles. The quantitative estimate of drug-likeness (QED) is 0.680. The van der Waals surface area contributed by atoms with Gasteiger partial charge in [-0.2, -0.15) is 10.4 Å². The van der Waals surface area contributed by atoms with E-state index in [0.29, 0.717) is 6.42 Å². The molecule has 1 N–H and O–H groups in total. The number of hydrogen-bond donors (Lipinski definition) is 1. The lowest BCUT2D eigenvalue weighted by Crippen LogP contribution is -2.13. The maximum atomic E-state index is 8.29. The molecule has 0 fully saturated rings. The summed E-state index contributed by atoms with van der Waals surface area (Å²) in [6.45, 7) is 5.05. The van der Waals surface area contributed by atoms with Gasteiger partial charge < -0.3 is 5.32 Å². The second kappa shape index (κ2) is 5.12. The highest BCUT2D eigenvalue weighted by Gasteiger charge is 1.94. The SMILES string of the molecule is C=Cn1cc(CNCCC#N)cn1. The second-order valence-corrected chi connectivity index (χ2v) is 2.60. The standard InChI is InChI=1S/C9H12N4/c1-2-13-8-9(7-12-13)6-11-5-3-4-10/h2,7-8,11H,1,3,5-6H2. The van der Waals surface area contributed by atoms with Gasteiger partial charge in [0.2, 0.25) is 0 Å². The summed E-state index contributed by atoms with van der Waals surface area (Å²) < 4.78 is 1.65. The van der Waals surface area contributed by atoms with Crippen molar-refractivity contribution in [3.05, 3.63) is 24.5 Å². The molecule has 1 aromatic heterocycles. The Labute approximate surface area is 77.5 Å². The van der Waals surface area contributed by atoms with Gasteiger partial charge in [0.05, 0.1) is 12.3 Å². The van der Waals surface area contributed by atoms with E-state index in [1.54, 1.807) is 17.1 Å². The molecule has 0 saturated carbocycles. The maximum Gasteiger partial charge on any atom is 0.0635 e. The van der Waals surface area contributed by atoms with Crippen LogP contribution in [0.2, 0.25) is 0 Å². The third kappa shape index (κ3) is 3.09. The second-order valence-electron chi connectivity index (χ2n) is 2.60. The fourth-order valence-electron chi connectivity index (χ4n) is 0.946. The highest BCUT2D eigenvalue weighted by Crippen LogP contribution is 1.96. The first-order chi connectivity index (χ1) is 6.36. The molecule has 1 rings (SSSR count). The zero-order valence-corrected chi connectivity index (χ0v) is 7.40. The van der Waals surface area contributed by atoms with Crippen molar-refractivity contribution in [3.8, 4) is 6.07 Å². The summed E-state index contributed by atoms with van der Waals surface area (Å²) in [7, 11) is 0. The molecule has 0 radical (unpaired) electrons. The number of nitrogens with one attached hydrogen (secondary N) is 1. The Kier molecular flexibility index (Phi) is 3.74. The molecule has 0 unspecified atom stereocenters. The van der Waals surface area contributed by atoms with Gasteiger partial charge in [-0.25, -0.2) is 4.68 Å².